The highest BCUT2D eigenvalue weighted by atomic mass is 15.1. The molecule has 0 aliphatic rings. The number of aromatic amines is 1. The maximum atomic E-state index is 9.28. The molecular weight excluding hydrogens is 260 g/mol. The summed E-state index contributed by atoms with van der Waals surface area (Å²) in [4.78, 5) is 0. The molecule has 0 saturated heterocycles. The van der Waals surface area contributed by atoms with E-state index in [2.05, 4.69) is 22.3 Å². The highest BCUT2D eigenvalue weighted by Gasteiger charge is 2.08. The average molecular weight is 270 g/mol. The molecule has 3 rings (SSSR count). The van der Waals surface area contributed by atoms with Crippen molar-refractivity contribution in [3.63, 3.8) is 0 Å². The number of aromatic nitrogens is 2. The highest BCUT2D eigenvalue weighted by Crippen LogP contribution is 2.28. The van der Waals surface area contributed by atoms with Gasteiger partial charge in [-0.1, -0.05) is 18.2 Å². The third-order valence-electron chi connectivity index (χ3n) is 3.28. The fourth-order valence-corrected chi connectivity index (χ4v) is 2.19. The minimum absolute atomic E-state index is 0.599. The molecule has 0 spiro atoms. The van der Waals surface area contributed by atoms with E-state index in [1.165, 1.54) is 0 Å². The molecule has 0 saturated carbocycles. The van der Waals surface area contributed by atoms with Gasteiger partial charge in [-0.3, -0.25) is 5.10 Å². The zero-order chi connectivity index (χ0) is 14.7. The number of nitrogens with zero attached hydrogens (tertiary/aromatic N) is 3. The van der Waals surface area contributed by atoms with Crippen LogP contribution < -0.4 is 0 Å². The van der Waals surface area contributed by atoms with Gasteiger partial charge in [0, 0.05) is 17.3 Å². The van der Waals surface area contributed by atoms with Crippen LogP contribution in [0.4, 0.5) is 0 Å². The zero-order valence-corrected chi connectivity index (χ0v) is 11.0. The number of rotatable bonds is 2. The Hall–Kier alpha value is -3.37. The quantitative estimate of drug-likeness (QED) is 0.774. The molecule has 3 aromatic rings. The molecule has 0 bridgehead atoms. The van der Waals surface area contributed by atoms with E-state index < -0.39 is 0 Å². The minimum Gasteiger partial charge on any atom is -0.278 e. The Bertz CT molecular complexity index is 847. The van der Waals surface area contributed by atoms with Crippen molar-refractivity contribution in [2.75, 3.05) is 0 Å². The van der Waals surface area contributed by atoms with Crippen molar-refractivity contribution in [3.8, 4) is 34.5 Å². The fourth-order valence-electron chi connectivity index (χ4n) is 2.19. The van der Waals surface area contributed by atoms with E-state index in [-0.39, 0.29) is 0 Å². The fraction of sp³-hybridized carbons (Fsp3) is 0. The summed E-state index contributed by atoms with van der Waals surface area (Å²) in [5.41, 5.74) is 4.81. The van der Waals surface area contributed by atoms with Gasteiger partial charge >= 0.3 is 0 Å². The molecule has 0 atom stereocenters. The van der Waals surface area contributed by atoms with Gasteiger partial charge in [-0.05, 0) is 35.9 Å². The lowest BCUT2D eigenvalue weighted by Crippen LogP contribution is -1.87. The predicted molar refractivity (Wildman–Crippen MR) is 78.9 cm³/mol. The molecule has 0 aliphatic heterocycles. The molecule has 2 aromatic carbocycles. The third-order valence-corrected chi connectivity index (χ3v) is 3.28. The van der Waals surface area contributed by atoms with E-state index in [0.717, 1.165) is 22.4 Å². The first kappa shape index (κ1) is 12.7. The summed E-state index contributed by atoms with van der Waals surface area (Å²) in [6.07, 6.45) is 1.69. The first-order valence-corrected chi connectivity index (χ1v) is 6.36. The van der Waals surface area contributed by atoms with Gasteiger partial charge in [0.15, 0.2) is 0 Å². The van der Waals surface area contributed by atoms with Crippen LogP contribution in [0.25, 0.3) is 22.4 Å². The van der Waals surface area contributed by atoms with Crippen LogP contribution in [0, 0.1) is 22.7 Å². The molecular formula is C17H10N4. The van der Waals surface area contributed by atoms with E-state index in [1.54, 1.807) is 24.4 Å². The van der Waals surface area contributed by atoms with Crippen LogP contribution in [-0.2, 0) is 0 Å². The molecule has 1 N–H and O–H groups in total. The van der Waals surface area contributed by atoms with Crippen LogP contribution >= 0.6 is 0 Å². The van der Waals surface area contributed by atoms with Crippen LogP contribution in [0.3, 0.4) is 0 Å². The maximum Gasteiger partial charge on any atom is 0.0998 e. The molecule has 1 heterocycles. The summed E-state index contributed by atoms with van der Waals surface area (Å²) in [6, 6.07) is 19.0. The average Bonchev–Trinajstić information content (AvgIpc) is 3.09. The van der Waals surface area contributed by atoms with Crippen LogP contribution in [0.2, 0.25) is 0 Å². The van der Waals surface area contributed by atoms with Gasteiger partial charge in [-0.25, -0.2) is 0 Å². The van der Waals surface area contributed by atoms with Gasteiger partial charge in [-0.15, -0.1) is 0 Å². The van der Waals surface area contributed by atoms with Gasteiger partial charge in [0.1, 0.15) is 0 Å². The van der Waals surface area contributed by atoms with Gasteiger partial charge < -0.3 is 0 Å². The lowest BCUT2D eigenvalue weighted by molar-refractivity contribution is 1.10. The van der Waals surface area contributed by atoms with Crippen LogP contribution in [0.1, 0.15) is 11.1 Å². The van der Waals surface area contributed by atoms with Crippen LogP contribution in [0.5, 0.6) is 0 Å². The lowest BCUT2D eigenvalue weighted by Gasteiger charge is -2.07. The number of hydrogen-bond acceptors (Lipinski definition) is 3. The van der Waals surface area contributed by atoms with Crippen molar-refractivity contribution in [2.45, 2.75) is 0 Å². The summed E-state index contributed by atoms with van der Waals surface area (Å²) in [5, 5.41) is 25.0. The van der Waals surface area contributed by atoms with E-state index in [1.807, 2.05) is 30.3 Å². The summed E-state index contributed by atoms with van der Waals surface area (Å²) >= 11 is 0. The first-order chi connectivity index (χ1) is 10.3. The zero-order valence-electron chi connectivity index (χ0n) is 11.0. The van der Waals surface area contributed by atoms with Crippen molar-refractivity contribution >= 4 is 0 Å². The standard InChI is InChI=1S/C17H10N4/c18-10-12-1-3-13(4-2-12)16-9-14(5-6-15(16)11-19)17-7-8-20-21-17/h1-9H,(H,20,21). The third kappa shape index (κ3) is 2.39. The Balaban J connectivity index is 2.13. The van der Waals surface area contributed by atoms with Gasteiger partial charge in [0.2, 0.25) is 0 Å². The molecule has 0 fully saturated rings. The van der Waals surface area contributed by atoms with Crippen LogP contribution in [-0.4, -0.2) is 10.2 Å². The van der Waals surface area contributed by atoms with E-state index in [0.29, 0.717) is 11.1 Å². The van der Waals surface area contributed by atoms with Crippen LogP contribution in [0.15, 0.2) is 54.7 Å². The monoisotopic (exact) mass is 270 g/mol. The number of benzene rings is 2. The van der Waals surface area contributed by atoms with Crippen molar-refractivity contribution in [2.24, 2.45) is 0 Å². The molecule has 0 radical (unpaired) electrons. The van der Waals surface area contributed by atoms with Crippen molar-refractivity contribution in [1.82, 2.24) is 10.2 Å². The second kappa shape index (κ2) is 5.32. The Morgan fingerprint density at radius 2 is 1.62 bits per heavy atom. The number of nitriles is 2. The SMILES string of the molecule is N#Cc1ccc(-c2cc(-c3ccn[nH]3)ccc2C#N)cc1. The van der Waals surface area contributed by atoms with Gasteiger partial charge in [0.05, 0.1) is 29.0 Å². The van der Waals surface area contributed by atoms with Gasteiger partial charge in [0.25, 0.3) is 0 Å². The second-order valence-corrected chi connectivity index (χ2v) is 4.53. The van der Waals surface area contributed by atoms with E-state index in [9.17, 15) is 5.26 Å². The molecule has 1 aromatic heterocycles. The second-order valence-electron chi connectivity index (χ2n) is 4.53. The molecule has 0 unspecified atom stereocenters. The summed E-state index contributed by atoms with van der Waals surface area (Å²) in [5.74, 6) is 0. The minimum atomic E-state index is 0.599. The number of hydrogen-bond donors (Lipinski definition) is 1. The van der Waals surface area contributed by atoms with Gasteiger partial charge in [-0.2, -0.15) is 15.6 Å². The van der Waals surface area contributed by atoms with Crippen molar-refractivity contribution in [3.05, 3.63) is 65.9 Å². The summed E-state index contributed by atoms with van der Waals surface area (Å²) in [6.45, 7) is 0. The number of nitrogens with one attached hydrogen (secondary N) is 1. The van der Waals surface area contributed by atoms with E-state index >= 15 is 0 Å². The Labute approximate surface area is 121 Å². The molecule has 21 heavy (non-hydrogen) atoms. The molecule has 0 amide bonds. The smallest absolute Gasteiger partial charge is 0.0998 e. The largest absolute Gasteiger partial charge is 0.278 e. The lowest BCUT2D eigenvalue weighted by atomic mass is 9.96. The topological polar surface area (TPSA) is 76.3 Å². The molecule has 98 valence electrons. The van der Waals surface area contributed by atoms with E-state index in [4.69, 9.17) is 5.26 Å². The van der Waals surface area contributed by atoms with Crippen molar-refractivity contribution in [1.29, 1.82) is 10.5 Å². The molecule has 4 heteroatoms. The normalized spacial score (nSPS) is 9.81. The first-order valence-electron chi connectivity index (χ1n) is 6.36. The Morgan fingerprint density at radius 1 is 0.857 bits per heavy atom. The van der Waals surface area contributed by atoms with Crippen molar-refractivity contribution < 1.29 is 0 Å². The summed E-state index contributed by atoms with van der Waals surface area (Å²) < 4.78 is 0. The molecule has 4 nitrogen and oxygen atoms in total. The molecule has 0 aliphatic carbocycles. The Morgan fingerprint density at radius 3 is 2.24 bits per heavy atom. The number of H-pyrrole nitrogens is 1. The Kier molecular flexibility index (Phi) is 3.21. The predicted octanol–water partition coefficient (Wildman–Crippen LogP) is 3.49. The maximum absolute atomic E-state index is 9.28. The summed E-state index contributed by atoms with van der Waals surface area (Å²) in [7, 11) is 0. The highest BCUT2D eigenvalue weighted by molar-refractivity contribution is 5.76.